The molecule has 2 atom stereocenters. The number of carbonyl (C=O) groups excluding carboxylic acids is 1. The summed E-state index contributed by atoms with van der Waals surface area (Å²) < 4.78 is 7.49. The molecule has 0 radical (unpaired) electrons. The van der Waals surface area contributed by atoms with Crippen LogP contribution < -0.4 is 5.32 Å². The van der Waals surface area contributed by atoms with Gasteiger partial charge in [-0.2, -0.15) is 5.10 Å². The first-order valence-electron chi connectivity index (χ1n) is 8.66. The minimum Gasteiger partial charge on any atom is -0.467 e. The van der Waals surface area contributed by atoms with Gasteiger partial charge in [-0.25, -0.2) is 4.79 Å². The van der Waals surface area contributed by atoms with E-state index in [1.807, 2.05) is 42.5 Å². The lowest BCUT2D eigenvalue weighted by Gasteiger charge is -2.37. The van der Waals surface area contributed by atoms with Crippen molar-refractivity contribution in [2.24, 2.45) is 5.92 Å². The van der Waals surface area contributed by atoms with E-state index in [-0.39, 0.29) is 12.1 Å². The smallest absolute Gasteiger partial charge is 0.322 e. The molecule has 1 aliphatic heterocycles. The number of piperidine rings is 1. The Morgan fingerprint density at radius 2 is 2.25 bits per heavy atom. The summed E-state index contributed by atoms with van der Waals surface area (Å²) in [6.07, 6.45) is 3.61. The summed E-state index contributed by atoms with van der Waals surface area (Å²) in [5.41, 5.74) is 2.66. The zero-order valence-electron chi connectivity index (χ0n) is 14.9. The lowest BCUT2D eigenvalue weighted by molar-refractivity contribution is 0.129. The lowest BCUT2D eigenvalue weighted by atomic mass is 9.91. The second kappa shape index (κ2) is 6.71. The average molecular weight is 330 g/mol. The van der Waals surface area contributed by atoms with Crippen LogP contribution in [0.3, 0.4) is 0 Å². The van der Waals surface area contributed by atoms with Crippen LogP contribution in [0.5, 0.6) is 0 Å². The molecule has 130 valence electrons. The molecular weight excluding hydrogens is 304 g/mol. The van der Waals surface area contributed by atoms with Crippen molar-refractivity contribution in [3.63, 3.8) is 0 Å². The molecule has 1 saturated heterocycles. The second-order valence-electron chi connectivity index (χ2n) is 6.65. The Morgan fingerprint density at radius 3 is 2.88 bits per heavy atom. The number of likely N-dealkylation sites (tertiary alicyclic amines) is 1. The van der Waals surface area contributed by atoms with E-state index >= 15 is 0 Å². The predicted molar refractivity (Wildman–Crippen MR) is 92.9 cm³/mol. The Balaban J connectivity index is 1.81. The molecule has 0 bridgehead atoms. The van der Waals surface area contributed by atoms with Gasteiger partial charge >= 0.3 is 6.03 Å². The third-order valence-electron chi connectivity index (χ3n) is 4.91. The fraction of sp³-hybridized carbons (Fsp3) is 0.556. The number of amides is 2. The summed E-state index contributed by atoms with van der Waals surface area (Å²) in [4.78, 5) is 14.8. The predicted octanol–water partition coefficient (Wildman–Crippen LogP) is 4.12. The van der Waals surface area contributed by atoms with Gasteiger partial charge in [-0.1, -0.05) is 6.92 Å². The number of hydrogen-bond acceptors (Lipinski definition) is 3. The minimum absolute atomic E-state index is 0.00872. The molecule has 3 heterocycles. The molecular formula is C18H26N4O2. The van der Waals surface area contributed by atoms with Crippen molar-refractivity contribution in [1.29, 1.82) is 0 Å². The lowest BCUT2D eigenvalue weighted by Crippen LogP contribution is -2.43. The minimum atomic E-state index is -0.0786. The summed E-state index contributed by atoms with van der Waals surface area (Å²) in [5, 5.41) is 7.54. The zero-order valence-corrected chi connectivity index (χ0v) is 14.9. The van der Waals surface area contributed by atoms with Crippen molar-refractivity contribution in [2.75, 3.05) is 11.9 Å². The summed E-state index contributed by atoms with van der Waals surface area (Å²) in [5.74, 6) is 1.44. The van der Waals surface area contributed by atoms with Gasteiger partial charge in [0.2, 0.25) is 0 Å². The fourth-order valence-corrected chi connectivity index (χ4v) is 3.50. The molecule has 1 N–H and O–H groups in total. The van der Waals surface area contributed by atoms with Gasteiger partial charge in [0.15, 0.2) is 0 Å². The number of nitrogens with one attached hydrogen (secondary N) is 1. The highest BCUT2D eigenvalue weighted by Crippen LogP contribution is 2.35. The number of aryl methyl sites for hydroxylation is 2. The summed E-state index contributed by atoms with van der Waals surface area (Å²) >= 11 is 0. The molecule has 6 nitrogen and oxygen atoms in total. The van der Waals surface area contributed by atoms with Crippen LogP contribution in [0.1, 0.15) is 49.9 Å². The first kappa shape index (κ1) is 16.6. The molecule has 2 aromatic rings. The maximum absolute atomic E-state index is 12.9. The Bertz CT molecular complexity index is 705. The first-order valence-corrected chi connectivity index (χ1v) is 8.66. The van der Waals surface area contributed by atoms with Crippen LogP contribution in [0.25, 0.3) is 0 Å². The van der Waals surface area contributed by atoms with Crippen LogP contribution in [-0.4, -0.2) is 27.3 Å². The van der Waals surface area contributed by atoms with E-state index in [0.717, 1.165) is 48.8 Å². The number of hydrogen-bond donors (Lipinski definition) is 1. The number of aromatic nitrogens is 2. The van der Waals surface area contributed by atoms with Gasteiger partial charge in [-0.3, -0.25) is 4.68 Å². The number of nitrogens with zero attached hydrogens (tertiary/aromatic N) is 3. The second-order valence-corrected chi connectivity index (χ2v) is 6.65. The molecule has 2 unspecified atom stereocenters. The SMILES string of the molecule is CCn1nc(C)c(NC(=O)N2CCC(C)CC2c2ccco2)c1C. The third-order valence-corrected chi connectivity index (χ3v) is 4.91. The van der Waals surface area contributed by atoms with Gasteiger partial charge in [0.1, 0.15) is 5.76 Å². The number of furan rings is 1. The highest BCUT2D eigenvalue weighted by Gasteiger charge is 2.33. The molecule has 1 fully saturated rings. The Labute approximate surface area is 142 Å². The highest BCUT2D eigenvalue weighted by molar-refractivity contribution is 5.91. The third kappa shape index (κ3) is 3.05. The molecule has 0 aliphatic carbocycles. The van der Waals surface area contributed by atoms with E-state index < -0.39 is 0 Å². The van der Waals surface area contributed by atoms with Gasteiger partial charge in [-0.15, -0.1) is 0 Å². The van der Waals surface area contributed by atoms with Crippen LogP contribution in [0.2, 0.25) is 0 Å². The van der Waals surface area contributed by atoms with Crippen LogP contribution in [0, 0.1) is 19.8 Å². The summed E-state index contributed by atoms with van der Waals surface area (Å²) in [6, 6.07) is 3.74. The number of carbonyl (C=O) groups is 1. The summed E-state index contributed by atoms with van der Waals surface area (Å²) in [6.45, 7) is 9.71. The van der Waals surface area contributed by atoms with Crippen LogP contribution >= 0.6 is 0 Å². The van der Waals surface area contributed by atoms with Gasteiger partial charge < -0.3 is 14.6 Å². The monoisotopic (exact) mass is 330 g/mol. The van der Waals surface area contributed by atoms with Gasteiger partial charge in [-0.05, 0) is 51.7 Å². The molecule has 2 aromatic heterocycles. The standard InChI is InChI=1S/C18H26N4O2/c1-5-22-14(4)17(13(3)20-22)19-18(23)21-9-8-12(2)11-15(21)16-7-6-10-24-16/h6-7,10,12,15H,5,8-9,11H2,1-4H3,(H,19,23). The molecule has 2 amide bonds. The maximum Gasteiger partial charge on any atom is 0.322 e. The Hall–Kier alpha value is -2.24. The highest BCUT2D eigenvalue weighted by atomic mass is 16.3. The van der Waals surface area contributed by atoms with Crippen molar-refractivity contribution >= 4 is 11.7 Å². The largest absolute Gasteiger partial charge is 0.467 e. The summed E-state index contributed by atoms with van der Waals surface area (Å²) in [7, 11) is 0. The van der Waals surface area contributed by atoms with Crippen LogP contribution in [0.15, 0.2) is 22.8 Å². The van der Waals surface area contributed by atoms with Gasteiger partial charge in [0.05, 0.1) is 29.4 Å². The molecule has 6 heteroatoms. The van der Waals surface area contributed by atoms with Crippen LogP contribution in [-0.2, 0) is 6.54 Å². The molecule has 0 aromatic carbocycles. The molecule has 1 aliphatic rings. The Kier molecular flexibility index (Phi) is 4.64. The molecule has 0 spiro atoms. The van der Waals surface area contributed by atoms with E-state index in [1.54, 1.807) is 6.26 Å². The fourth-order valence-electron chi connectivity index (χ4n) is 3.50. The van der Waals surface area contributed by atoms with Crippen molar-refractivity contribution in [1.82, 2.24) is 14.7 Å². The maximum atomic E-state index is 12.9. The number of rotatable bonds is 3. The number of anilines is 1. The normalized spacial score (nSPS) is 21.1. The van der Waals surface area contributed by atoms with Crippen molar-refractivity contribution < 1.29 is 9.21 Å². The quantitative estimate of drug-likeness (QED) is 0.921. The molecule has 3 rings (SSSR count). The van der Waals surface area contributed by atoms with E-state index in [4.69, 9.17) is 4.42 Å². The number of urea groups is 1. The van der Waals surface area contributed by atoms with E-state index in [0.29, 0.717) is 5.92 Å². The van der Waals surface area contributed by atoms with Crippen molar-refractivity contribution in [3.05, 3.63) is 35.5 Å². The van der Waals surface area contributed by atoms with E-state index in [1.165, 1.54) is 0 Å². The Morgan fingerprint density at radius 1 is 1.46 bits per heavy atom. The van der Waals surface area contributed by atoms with Crippen LogP contribution in [0.4, 0.5) is 10.5 Å². The molecule has 24 heavy (non-hydrogen) atoms. The van der Waals surface area contributed by atoms with Gasteiger partial charge in [0.25, 0.3) is 0 Å². The zero-order chi connectivity index (χ0) is 17.3. The molecule has 0 saturated carbocycles. The topological polar surface area (TPSA) is 63.3 Å². The average Bonchev–Trinajstić information content (AvgIpc) is 3.18. The van der Waals surface area contributed by atoms with E-state index in [9.17, 15) is 4.79 Å². The van der Waals surface area contributed by atoms with Crippen molar-refractivity contribution in [2.45, 2.75) is 53.1 Å². The first-order chi connectivity index (χ1) is 11.5. The van der Waals surface area contributed by atoms with E-state index in [2.05, 4.69) is 17.3 Å². The van der Waals surface area contributed by atoms with Crippen molar-refractivity contribution in [3.8, 4) is 0 Å². The van der Waals surface area contributed by atoms with Gasteiger partial charge in [0, 0.05) is 13.1 Å².